The molecule has 0 atom stereocenters. The minimum atomic E-state index is -0.549. The lowest BCUT2D eigenvalue weighted by Crippen LogP contribution is -2.50. The fourth-order valence-corrected chi connectivity index (χ4v) is 2.96. The van der Waals surface area contributed by atoms with Gasteiger partial charge < -0.3 is 4.43 Å². The van der Waals surface area contributed by atoms with Gasteiger partial charge in [-0.1, -0.05) is 53.1 Å². The number of hydrogen-bond donors (Lipinski definition) is 0. The lowest BCUT2D eigenvalue weighted by atomic mass is 9.73. The van der Waals surface area contributed by atoms with Gasteiger partial charge in [0.05, 0.1) is 0 Å². The Bertz CT molecular complexity index is 141. The SMILES string of the molecule is CC(C)(C)C(Cl)(O[SiH3])C(C)(C)C. The normalized spacial score (nSPS) is 15.2. The molecular weight excluding hydrogens is 188 g/mol. The van der Waals surface area contributed by atoms with Crippen LogP contribution in [0.25, 0.3) is 0 Å². The third-order valence-corrected chi connectivity index (χ3v) is 4.37. The molecule has 74 valence electrons. The maximum Gasteiger partial charge on any atom is 0.148 e. The number of hydrogen-bond acceptors (Lipinski definition) is 1. The minimum Gasteiger partial charge on any atom is -0.409 e. The summed E-state index contributed by atoms with van der Waals surface area (Å²) in [6.07, 6.45) is 0. The highest BCUT2D eigenvalue weighted by molar-refractivity contribution is 6.25. The summed E-state index contributed by atoms with van der Waals surface area (Å²) in [4.78, 5) is 0. The first-order valence-electron chi connectivity index (χ1n) is 4.30. The van der Waals surface area contributed by atoms with E-state index in [-0.39, 0.29) is 10.8 Å². The molecule has 0 aromatic rings. The molecule has 0 radical (unpaired) electrons. The van der Waals surface area contributed by atoms with Crippen molar-refractivity contribution in [1.82, 2.24) is 0 Å². The first-order chi connectivity index (χ1) is 5.06. The predicted molar refractivity (Wildman–Crippen MR) is 58.5 cm³/mol. The Morgan fingerprint density at radius 1 is 0.917 bits per heavy atom. The van der Waals surface area contributed by atoms with Gasteiger partial charge in [0, 0.05) is 10.8 Å². The van der Waals surface area contributed by atoms with Crippen LogP contribution in [-0.2, 0) is 4.43 Å². The van der Waals surface area contributed by atoms with E-state index in [9.17, 15) is 0 Å². The van der Waals surface area contributed by atoms with Crippen molar-refractivity contribution in [2.45, 2.75) is 46.6 Å². The Balaban J connectivity index is 4.95. The summed E-state index contributed by atoms with van der Waals surface area (Å²) in [5, 5.41) is -0.549. The molecule has 0 amide bonds. The van der Waals surface area contributed by atoms with Crippen LogP contribution >= 0.6 is 11.6 Å². The van der Waals surface area contributed by atoms with Gasteiger partial charge >= 0.3 is 0 Å². The maximum absolute atomic E-state index is 6.49. The van der Waals surface area contributed by atoms with Crippen LogP contribution in [0.3, 0.4) is 0 Å². The van der Waals surface area contributed by atoms with Crippen LogP contribution in [0.2, 0.25) is 0 Å². The summed E-state index contributed by atoms with van der Waals surface area (Å²) in [5.74, 6) is 0. The quantitative estimate of drug-likeness (QED) is 0.475. The van der Waals surface area contributed by atoms with Crippen molar-refractivity contribution in [2.75, 3.05) is 0 Å². The summed E-state index contributed by atoms with van der Waals surface area (Å²) in [6.45, 7) is 12.7. The lowest BCUT2D eigenvalue weighted by Gasteiger charge is -2.48. The monoisotopic (exact) mass is 208 g/mol. The molecule has 0 fully saturated rings. The van der Waals surface area contributed by atoms with E-state index in [2.05, 4.69) is 41.5 Å². The molecule has 0 aromatic heterocycles. The van der Waals surface area contributed by atoms with Gasteiger partial charge in [-0.2, -0.15) is 0 Å². The zero-order valence-electron chi connectivity index (χ0n) is 9.29. The third-order valence-electron chi connectivity index (χ3n) is 2.21. The Kier molecular flexibility index (Phi) is 3.44. The van der Waals surface area contributed by atoms with Gasteiger partial charge in [-0.25, -0.2) is 0 Å². The van der Waals surface area contributed by atoms with Crippen LogP contribution < -0.4 is 0 Å². The van der Waals surface area contributed by atoms with Crippen molar-refractivity contribution in [2.24, 2.45) is 10.8 Å². The molecular formula is C9H21ClOSi. The van der Waals surface area contributed by atoms with Crippen molar-refractivity contribution in [1.29, 1.82) is 0 Å². The van der Waals surface area contributed by atoms with E-state index in [0.29, 0.717) is 10.5 Å². The first kappa shape index (κ1) is 12.5. The van der Waals surface area contributed by atoms with Crippen LogP contribution in [0, 0.1) is 10.8 Å². The fraction of sp³-hybridized carbons (Fsp3) is 1.00. The van der Waals surface area contributed by atoms with Crippen LogP contribution in [0.1, 0.15) is 41.5 Å². The molecule has 0 saturated heterocycles. The van der Waals surface area contributed by atoms with Gasteiger partial charge in [0.25, 0.3) is 0 Å². The van der Waals surface area contributed by atoms with Crippen molar-refractivity contribution < 1.29 is 4.43 Å². The van der Waals surface area contributed by atoms with Crippen LogP contribution in [0.15, 0.2) is 0 Å². The van der Waals surface area contributed by atoms with Gasteiger partial charge in [0.2, 0.25) is 0 Å². The molecule has 0 N–H and O–H groups in total. The van der Waals surface area contributed by atoms with E-state index in [1.54, 1.807) is 0 Å². The predicted octanol–water partition coefficient (Wildman–Crippen LogP) is 2.31. The lowest BCUT2D eigenvalue weighted by molar-refractivity contribution is -0.0375. The number of halogens is 1. The molecule has 0 rings (SSSR count). The highest BCUT2D eigenvalue weighted by Crippen LogP contribution is 2.49. The van der Waals surface area contributed by atoms with E-state index in [1.165, 1.54) is 0 Å². The summed E-state index contributed by atoms with van der Waals surface area (Å²) in [7, 11) is 0.676. The number of alkyl halides is 1. The van der Waals surface area contributed by atoms with Gasteiger partial charge in [-0.3, -0.25) is 0 Å². The average Bonchev–Trinajstić information content (AvgIpc) is 1.81. The molecule has 0 aliphatic rings. The molecule has 0 heterocycles. The molecule has 0 aliphatic heterocycles. The molecule has 0 aliphatic carbocycles. The summed E-state index contributed by atoms with van der Waals surface area (Å²) in [6, 6.07) is 0. The fourth-order valence-electron chi connectivity index (χ4n) is 1.74. The topological polar surface area (TPSA) is 9.23 Å². The van der Waals surface area contributed by atoms with Crippen molar-refractivity contribution >= 4 is 22.1 Å². The van der Waals surface area contributed by atoms with Crippen molar-refractivity contribution in [3.8, 4) is 0 Å². The van der Waals surface area contributed by atoms with E-state index >= 15 is 0 Å². The highest BCUT2D eigenvalue weighted by atomic mass is 35.5. The van der Waals surface area contributed by atoms with Crippen molar-refractivity contribution in [3.63, 3.8) is 0 Å². The zero-order chi connectivity index (χ0) is 10.2. The second-order valence-electron chi connectivity index (χ2n) is 5.30. The van der Waals surface area contributed by atoms with Crippen LogP contribution in [0.4, 0.5) is 0 Å². The molecule has 0 saturated carbocycles. The first-order valence-corrected chi connectivity index (χ1v) is 5.50. The number of rotatable bonds is 1. The molecule has 0 bridgehead atoms. The molecule has 3 heteroatoms. The Morgan fingerprint density at radius 2 is 1.17 bits per heavy atom. The second kappa shape index (κ2) is 3.32. The van der Waals surface area contributed by atoms with E-state index in [1.807, 2.05) is 0 Å². The summed E-state index contributed by atoms with van der Waals surface area (Å²) < 4.78 is 5.57. The standard InChI is InChI=1S/C9H21ClOSi/c1-7(2,3)9(10,11-12)8(4,5)6/h1-6,12H3. The smallest absolute Gasteiger partial charge is 0.148 e. The van der Waals surface area contributed by atoms with Gasteiger partial charge in [-0.05, 0) is 0 Å². The Morgan fingerprint density at radius 3 is 1.17 bits per heavy atom. The van der Waals surface area contributed by atoms with E-state index in [0.717, 1.165) is 0 Å². The second-order valence-corrected chi connectivity index (χ2v) is 6.24. The minimum absolute atomic E-state index is 0.0332. The van der Waals surface area contributed by atoms with Gasteiger partial charge in [-0.15, -0.1) is 0 Å². The van der Waals surface area contributed by atoms with E-state index in [4.69, 9.17) is 16.0 Å². The Hall–Kier alpha value is 0.467. The Labute approximate surface area is 84.4 Å². The molecule has 0 aromatic carbocycles. The summed E-state index contributed by atoms with van der Waals surface area (Å²) in [5.41, 5.74) is -0.0664. The average molecular weight is 209 g/mol. The van der Waals surface area contributed by atoms with Gasteiger partial charge in [0.1, 0.15) is 15.5 Å². The molecule has 12 heavy (non-hydrogen) atoms. The zero-order valence-corrected chi connectivity index (χ0v) is 12.0. The molecule has 0 spiro atoms. The van der Waals surface area contributed by atoms with E-state index < -0.39 is 5.06 Å². The maximum atomic E-state index is 6.49. The largest absolute Gasteiger partial charge is 0.409 e. The molecule has 1 nitrogen and oxygen atoms in total. The van der Waals surface area contributed by atoms with Crippen LogP contribution in [0.5, 0.6) is 0 Å². The third kappa shape index (κ3) is 2.04. The van der Waals surface area contributed by atoms with Crippen LogP contribution in [-0.4, -0.2) is 15.5 Å². The highest BCUT2D eigenvalue weighted by Gasteiger charge is 2.49. The van der Waals surface area contributed by atoms with Crippen molar-refractivity contribution in [3.05, 3.63) is 0 Å². The molecule has 0 unspecified atom stereocenters. The van der Waals surface area contributed by atoms with Gasteiger partial charge in [0.15, 0.2) is 0 Å². The summed E-state index contributed by atoms with van der Waals surface area (Å²) >= 11 is 6.49.